The van der Waals surface area contributed by atoms with Crippen LogP contribution in [0.15, 0.2) is 12.3 Å². The van der Waals surface area contributed by atoms with Crippen LogP contribution >= 0.6 is 21.2 Å². The predicted octanol–water partition coefficient (Wildman–Crippen LogP) is 3.27. The zero-order chi connectivity index (χ0) is 10.4. The Bertz CT molecular complexity index is 274. The van der Waals surface area contributed by atoms with E-state index in [0.717, 1.165) is 0 Å². The third-order valence-electron chi connectivity index (χ3n) is 2.07. The van der Waals surface area contributed by atoms with E-state index in [1.807, 2.05) is 6.20 Å². The van der Waals surface area contributed by atoms with Gasteiger partial charge >= 0.3 is 96.9 Å². The maximum absolute atomic E-state index is 4.20. The van der Waals surface area contributed by atoms with Gasteiger partial charge in [-0.15, -0.1) is 0 Å². The van der Waals surface area contributed by atoms with Crippen LogP contribution in [0.4, 0.5) is 0 Å². The van der Waals surface area contributed by atoms with E-state index in [1.54, 1.807) is 0 Å². The van der Waals surface area contributed by atoms with Crippen molar-refractivity contribution >= 4 is 21.2 Å². The summed E-state index contributed by atoms with van der Waals surface area (Å²) >= 11 is -0.0713. The zero-order valence-corrected chi connectivity index (χ0v) is 11.5. The number of alkyl halides is 1. The summed E-state index contributed by atoms with van der Waals surface area (Å²) in [6.07, 6.45) is 4.53. The van der Waals surface area contributed by atoms with Crippen LogP contribution in [0.1, 0.15) is 45.1 Å². The molecule has 1 aromatic rings. The van der Waals surface area contributed by atoms with Crippen LogP contribution in [0.3, 0.4) is 0 Å². The molecule has 1 aromatic heterocycles. The van der Waals surface area contributed by atoms with Crippen molar-refractivity contribution in [2.45, 2.75) is 39.5 Å². The molecule has 0 radical (unpaired) electrons. The summed E-state index contributed by atoms with van der Waals surface area (Å²) in [6, 6.07) is 2.25. The Labute approximate surface area is 96.8 Å². The van der Waals surface area contributed by atoms with Crippen molar-refractivity contribution in [3.8, 4) is 0 Å². The molecule has 1 rings (SSSR count). The molecule has 0 N–H and O–H groups in total. The molecule has 0 bridgehead atoms. The number of nitrogens with zero attached hydrogens (tertiary/aromatic N) is 2. The Kier molecular flexibility index (Phi) is 5.37. The van der Waals surface area contributed by atoms with Gasteiger partial charge in [-0.3, -0.25) is 0 Å². The van der Waals surface area contributed by atoms with Crippen molar-refractivity contribution in [3.05, 3.63) is 21.5 Å². The van der Waals surface area contributed by atoms with Crippen LogP contribution in [-0.4, -0.2) is 14.6 Å². The number of rotatable bonds is 5. The molecule has 1 heterocycles. The first kappa shape index (κ1) is 11.9. The molecule has 0 unspecified atom stereocenters. The Morgan fingerprint density at radius 3 is 2.86 bits per heavy atom. The van der Waals surface area contributed by atoms with Crippen molar-refractivity contribution in [1.82, 2.24) is 10.2 Å². The van der Waals surface area contributed by atoms with Gasteiger partial charge in [0.2, 0.25) is 0 Å². The van der Waals surface area contributed by atoms with Crippen LogP contribution in [0.2, 0.25) is 0 Å². The first-order chi connectivity index (χ1) is 6.74. The number of hydrogen-bond acceptors (Lipinski definition) is 2. The van der Waals surface area contributed by atoms with Gasteiger partial charge < -0.3 is 0 Å². The molecular weight excluding hydrogens is 287 g/mol. The van der Waals surface area contributed by atoms with Crippen molar-refractivity contribution in [2.24, 2.45) is 0 Å². The maximum atomic E-state index is 4.20. The van der Waals surface area contributed by atoms with E-state index < -0.39 is 0 Å². The molecule has 0 aliphatic rings. The van der Waals surface area contributed by atoms with Gasteiger partial charge in [0, 0.05) is 0 Å². The molecule has 80 valence electrons. The van der Waals surface area contributed by atoms with Crippen molar-refractivity contribution < 1.29 is 0 Å². The van der Waals surface area contributed by atoms with E-state index in [9.17, 15) is 0 Å². The molecule has 0 atom stereocenters. The topological polar surface area (TPSA) is 25.8 Å². The van der Waals surface area contributed by atoms with Crippen LogP contribution in [0.25, 0.3) is 0 Å². The predicted molar refractivity (Wildman–Crippen MR) is 70.0 cm³/mol. The molecule has 0 aliphatic carbocycles. The second-order valence-electron chi connectivity index (χ2n) is 3.68. The molecule has 0 spiro atoms. The Morgan fingerprint density at radius 2 is 2.21 bits per heavy atom. The minimum atomic E-state index is -0.0713. The second kappa shape index (κ2) is 6.32. The minimum absolute atomic E-state index is 0.0713. The summed E-state index contributed by atoms with van der Waals surface area (Å²) in [5.41, 5.74) is 1.33. The van der Waals surface area contributed by atoms with Crippen molar-refractivity contribution in [3.63, 3.8) is 0 Å². The summed E-state index contributed by atoms with van der Waals surface area (Å²) in [7, 11) is 0. The SMILES string of the molecule is CCCC[IH]c1cc(C(C)C)cnn1. The van der Waals surface area contributed by atoms with Gasteiger partial charge in [-0.1, -0.05) is 0 Å². The van der Waals surface area contributed by atoms with E-state index in [-0.39, 0.29) is 21.2 Å². The summed E-state index contributed by atoms with van der Waals surface area (Å²) in [5.74, 6) is 0.572. The van der Waals surface area contributed by atoms with Gasteiger partial charge in [0.15, 0.2) is 0 Å². The molecule has 3 heteroatoms. The fraction of sp³-hybridized carbons (Fsp3) is 0.636. The normalized spacial score (nSPS) is 11.1. The average molecular weight is 306 g/mol. The zero-order valence-electron chi connectivity index (χ0n) is 9.16. The van der Waals surface area contributed by atoms with Crippen LogP contribution in [0, 0.1) is 3.70 Å². The van der Waals surface area contributed by atoms with Crippen molar-refractivity contribution in [1.29, 1.82) is 0 Å². The third-order valence-corrected chi connectivity index (χ3v) is 4.89. The second-order valence-corrected chi connectivity index (χ2v) is 6.87. The molecule has 0 saturated carbocycles. The van der Waals surface area contributed by atoms with Crippen LogP contribution in [0.5, 0.6) is 0 Å². The molecule has 0 fully saturated rings. The molecule has 0 saturated heterocycles. The van der Waals surface area contributed by atoms with Crippen LogP contribution in [-0.2, 0) is 0 Å². The van der Waals surface area contributed by atoms with E-state index in [1.165, 1.54) is 26.5 Å². The first-order valence-electron chi connectivity index (χ1n) is 5.19. The fourth-order valence-electron chi connectivity index (χ4n) is 1.07. The van der Waals surface area contributed by atoms with Gasteiger partial charge in [-0.2, -0.15) is 0 Å². The average Bonchev–Trinajstić information content (AvgIpc) is 2.19. The van der Waals surface area contributed by atoms with E-state index in [0.29, 0.717) is 5.92 Å². The fourth-order valence-corrected chi connectivity index (χ4v) is 3.83. The number of aromatic nitrogens is 2. The molecular formula is C11H19IN2. The van der Waals surface area contributed by atoms with Gasteiger partial charge in [0.05, 0.1) is 0 Å². The Morgan fingerprint density at radius 1 is 1.43 bits per heavy atom. The molecule has 0 aliphatic heterocycles. The Hall–Kier alpha value is -0.190. The summed E-state index contributed by atoms with van der Waals surface area (Å²) in [6.45, 7) is 6.64. The third kappa shape index (κ3) is 3.90. The number of hydrogen-bond donors (Lipinski definition) is 0. The number of halogens is 1. The Balaban J connectivity index is 2.55. The van der Waals surface area contributed by atoms with Gasteiger partial charge in [-0.25, -0.2) is 0 Å². The van der Waals surface area contributed by atoms with Crippen molar-refractivity contribution in [2.75, 3.05) is 4.43 Å². The molecule has 0 aromatic carbocycles. The molecule has 0 amide bonds. The van der Waals surface area contributed by atoms with Gasteiger partial charge in [0.25, 0.3) is 0 Å². The summed E-state index contributed by atoms with van der Waals surface area (Å²) in [4.78, 5) is 0. The van der Waals surface area contributed by atoms with E-state index >= 15 is 0 Å². The monoisotopic (exact) mass is 306 g/mol. The van der Waals surface area contributed by atoms with Gasteiger partial charge in [0.1, 0.15) is 0 Å². The van der Waals surface area contributed by atoms with Gasteiger partial charge in [-0.05, 0) is 0 Å². The quantitative estimate of drug-likeness (QED) is 0.474. The van der Waals surface area contributed by atoms with E-state index in [4.69, 9.17) is 0 Å². The van der Waals surface area contributed by atoms with Crippen LogP contribution < -0.4 is 0 Å². The summed E-state index contributed by atoms with van der Waals surface area (Å²) < 4.78 is 2.63. The number of unbranched alkanes of at least 4 members (excludes halogenated alkanes) is 1. The molecule has 2 nitrogen and oxygen atoms in total. The molecule has 14 heavy (non-hydrogen) atoms. The first-order valence-corrected chi connectivity index (χ1v) is 8.00. The summed E-state index contributed by atoms with van der Waals surface area (Å²) in [5, 5.41) is 8.27. The van der Waals surface area contributed by atoms with E-state index in [2.05, 4.69) is 37.0 Å². The standard InChI is InChI=1S/C11H19IN2/c1-4-5-6-12-11-7-10(9(2)3)8-13-14-11/h7-9,12H,4-6H2,1-3H3.